The molecule has 3 rings (SSSR count). The van der Waals surface area contributed by atoms with Gasteiger partial charge in [0.1, 0.15) is 0 Å². The molecule has 3 fully saturated rings. The SMILES string of the molecule is O=C(C1CC(=O)N(C2CCC2)C1)N1CCCCCC1. The van der Waals surface area contributed by atoms with Crippen LogP contribution in [0.25, 0.3) is 0 Å². The Kier molecular flexibility index (Phi) is 3.76. The van der Waals surface area contributed by atoms with Gasteiger partial charge in [-0.05, 0) is 32.1 Å². The highest BCUT2D eigenvalue weighted by atomic mass is 16.2. The van der Waals surface area contributed by atoms with Gasteiger partial charge in [0, 0.05) is 32.1 Å². The molecule has 0 aromatic rings. The first-order chi connectivity index (χ1) is 9.25. The van der Waals surface area contributed by atoms with E-state index in [0.717, 1.165) is 38.8 Å². The van der Waals surface area contributed by atoms with Gasteiger partial charge in [0.05, 0.1) is 5.92 Å². The summed E-state index contributed by atoms with van der Waals surface area (Å²) in [4.78, 5) is 28.5. The van der Waals surface area contributed by atoms with Gasteiger partial charge in [0.2, 0.25) is 11.8 Å². The topological polar surface area (TPSA) is 40.6 Å². The Hall–Kier alpha value is -1.06. The van der Waals surface area contributed by atoms with E-state index in [4.69, 9.17) is 0 Å². The maximum Gasteiger partial charge on any atom is 0.227 e. The second-order valence-electron chi connectivity index (χ2n) is 6.27. The second-order valence-corrected chi connectivity index (χ2v) is 6.27. The van der Waals surface area contributed by atoms with Crippen molar-refractivity contribution < 1.29 is 9.59 Å². The third-order valence-electron chi connectivity index (χ3n) is 4.94. The summed E-state index contributed by atoms with van der Waals surface area (Å²) in [5.41, 5.74) is 0. The maximum absolute atomic E-state index is 12.5. The van der Waals surface area contributed by atoms with E-state index in [1.165, 1.54) is 19.3 Å². The number of hydrogen-bond acceptors (Lipinski definition) is 2. The van der Waals surface area contributed by atoms with Crippen molar-refractivity contribution in [2.45, 2.75) is 57.4 Å². The molecule has 1 aliphatic carbocycles. The molecule has 3 aliphatic rings. The monoisotopic (exact) mass is 264 g/mol. The van der Waals surface area contributed by atoms with Gasteiger partial charge in [0.15, 0.2) is 0 Å². The Labute approximate surface area is 115 Å². The smallest absolute Gasteiger partial charge is 0.227 e. The molecule has 19 heavy (non-hydrogen) atoms. The van der Waals surface area contributed by atoms with E-state index >= 15 is 0 Å². The summed E-state index contributed by atoms with van der Waals surface area (Å²) >= 11 is 0. The first kappa shape index (κ1) is 12.9. The molecule has 0 aromatic heterocycles. The number of carbonyl (C=O) groups is 2. The van der Waals surface area contributed by atoms with Crippen LogP contribution in [-0.4, -0.2) is 47.3 Å². The van der Waals surface area contributed by atoms with Crippen molar-refractivity contribution in [3.8, 4) is 0 Å². The van der Waals surface area contributed by atoms with Crippen LogP contribution in [0.1, 0.15) is 51.4 Å². The summed E-state index contributed by atoms with van der Waals surface area (Å²) in [6.45, 7) is 2.47. The van der Waals surface area contributed by atoms with Gasteiger partial charge in [-0.2, -0.15) is 0 Å². The van der Waals surface area contributed by atoms with Crippen LogP contribution in [0.4, 0.5) is 0 Å². The van der Waals surface area contributed by atoms with Crippen molar-refractivity contribution in [1.82, 2.24) is 9.80 Å². The molecular weight excluding hydrogens is 240 g/mol. The van der Waals surface area contributed by atoms with Crippen LogP contribution in [0.15, 0.2) is 0 Å². The average molecular weight is 264 g/mol. The van der Waals surface area contributed by atoms with Crippen molar-refractivity contribution in [3.05, 3.63) is 0 Å². The molecule has 0 N–H and O–H groups in total. The van der Waals surface area contributed by atoms with E-state index in [-0.39, 0.29) is 17.7 Å². The zero-order valence-electron chi connectivity index (χ0n) is 11.6. The van der Waals surface area contributed by atoms with Crippen molar-refractivity contribution in [3.63, 3.8) is 0 Å². The van der Waals surface area contributed by atoms with Crippen LogP contribution in [0.5, 0.6) is 0 Å². The molecule has 106 valence electrons. The Morgan fingerprint density at radius 3 is 2.26 bits per heavy atom. The second kappa shape index (κ2) is 5.51. The first-order valence-electron chi connectivity index (χ1n) is 7.84. The van der Waals surface area contributed by atoms with E-state index in [0.29, 0.717) is 19.0 Å². The van der Waals surface area contributed by atoms with Crippen LogP contribution in [0, 0.1) is 5.92 Å². The summed E-state index contributed by atoms with van der Waals surface area (Å²) in [6, 6.07) is 0.439. The molecule has 4 nitrogen and oxygen atoms in total. The third kappa shape index (κ3) is 2.63. The summed E-state index contributed by atoms with van der Waals surface area (Å²) in [7, 11) is 0. The van der Waals surface area contributed by atoms with Crippen LogP contribution in [0.2, 0.25) is 0 Å². The van der Waals surface area contributed by atoms with Crippen LogP contribution < -0.4 is 0 Å². The third-order valence-corrected chi connectivity index (χ3v) is 4.94. The van der Waals surface area contributed by atoms with Crippen LogP contribution in [-0.2, 0) is 9.59 Å². The molecule has 2 heterocycles. The van der Waals surface area contributed by atoms with Gasteiger partial charge < -0.3 is 9.80 Å². The Morgan fingerprint density at radius 1 is 1.00 bits per heavy atom. The lowest BCUT2D eigenvalue weighted by Gasteiger charge is -2.35. The molecule has 1 saturated carbocycles. The summed E-state index contributed by atoms with van der Waals surface area (Å²) in [6.07, 6.45) is 8.68. The number of carbonyl (C=O) groups excluding carboxylic acids is 2. The zero-order valence-corrected chi connectivity index (χ0v) is 11.6. The number of likely N-dealkylation sites (tertiary alicyclic amines) is 2. The van der Waals surface area contributed by atoms with Gasteiger partial charge in [-0.1, -0.05) is 12.8 Å². The van der Waals surface area contributed by atoms with Crippen molar-refractivity contribution in [2.75, 3.05) is 19.6 Å². The van der Waals surface area contributed by atoms with E-state index in [2.05, 4.69) is 0 Å². The minimum Gasteiger partial charge on any atom is -0.342 e. The number of amides is 2. The Bertz CT molecular complexity index is 357. The van der Waals surface area contributed by atoms with Crippen molar-refractivity contribution in [1.29, 1.82) is 0 Å². The van der Waals surface area contributed by atoms with E-state index in [9.17, 15) is 9.59 Å². The molecular formula is C15H24N2O2. The van der Waals surface area contributed by atoms with Gasteiger partial charge in [-0.3, -0.25) is 9.59 Å². The van der Waals surface area contributed by atoms with Gasteiger partial charge in [-0.15, -0.1) is 0 Å². The fourth-order valence-corrected chi connectivity index (χ4v) is 3.50. The number of rotatable bonds is 2. The van der Waals surface area contributed by atoms with Crippen molar-refractivity contribution >= 4 is 11.8 Å². The Morgan fingerprint density at radius 2 is 1.68 bits per heavy atom. The lowest BCUT2D eigenvalue weighted by Crippen LogP contribution is -2.42. The lowest BCUT2D eigenvalue weighted by molar-refractivity contribution is -0.135. The van der Waals surface area contributed by atoms with Crippen molar-refractivity contribution in [2.24, 2.45) is 5.92 Å². The number of hydrogen-bond donors (Lipinski definition) is 0. The maximum atomic E-state index is 12.5. The summed E-state index contributed by atoms with van der Waals surface area (Å²) in [5.74, 6) is 0.376. The lowest BCUT2D eigenvalue weighted by atomic mass is 9.92. The molecule has 2 aliphatic heterocycles. The molecule has 1 atom stereocenters. The highest BCUT2D eigenvalue weighted by molar-refractivity contribution is 5.89. The molecule has 1 unspecified atom stereocenters. The van der Waals surface area contributed by atoms with E-state index in [1.54, 1.807) is 0 Å². The molecule has 2 amide bonds. The van der Waals surface area contributed by atoms with Crippen LogP contribution in [0.3, 0.4) is 0 Å². The predicted molar refractivity (Wildman–Crippen MR) is 72.5 cm³/mol. The Balaban J connectivity index is 1.59. The standard InChI is InChI=1S/C15H24N2O2/c18-14-10-12(11-17(14)13-6-5-7-13)15(19)16-8-3-1-2-4-9-16/h12-13H,1-11H2. The fraction of sp³-hybridized carbons (Fsp3) is 0.867. The molecule has 0 aromatic carbocycles. The predicted octanol–water partition coefficient (Wildman–Crippen LogP) is 1.79. The molecule has 0 spiro atoms. The number of nitrogens with zero attached hydrogens (tertiary/aromatic N) is 2. The van der Waals surface area contributed by atoms with Gasteiger partial charge >= 0.3 is 0 Å². The van der Waals surface area contributed by atoms with E-state index in [1.807, 2.05) is 9.80 Å². The quantitative estimate of drug-likeness (QED) is 0.763. The highest BCUT2D eigenvalue weighted by Gasteiger charge is 2.40. The average Bonchev–Trinajstić information content (AvgIpc) is 2.58. The first-order valence-corrected chi connectivity index (χ1v) is 7.84. The minimum absolute atomic E-state index is 0.0637. The normalized spacial score (nSPS) is 29.3. The van der Waals surface area contributed by atoms with Gasteiger partial charge in [0.25, 0.3) is 0 Å². The van der Waals surface area contributed by atoms with Gasteiger partial charge in [-0.25, -0.2) is 0 Å². The summed E-state index contributed by atoms with van der Waals surface area (Å²) < 4.78 is 0. The molecule has 0 bridgehead atoms. The zero-order chi connectivity index (χ0) is 13.2. The van der Waals surface area contributed by atoms with E-state index < -0.39 is 0 Å². The largest absolute Gasteiger partial charge is 0.342 e. The minimum atomic E-state index is -0.0637. The van der Waals surface area contributed by atoms with Crippen LogP contribution >= 0.6 is 0 Å². The highest BCUT2D eigenvalue weighted by Crippen LogP contribution is 2.31. The molecule has 2 saturated heterocycles. The summed E-state index contributed by atoms with van der Waals surface area (Å²) in [5, 5.41) is 0. The fourth-order valence-electron chi connectivity index (χ4n) is 3.50. The molecule has 4 heteroatoms. The molecule has 0 radical (unpaired) electrons.